The van der Waals surface area contributed by atoms with Crippen molar-refractivity contribution in [3.8, 4) is 0 Å². The third-order valence-electron chi connectivity index (χ3n) is 2.34. The van der Waals surface area contributed by atoms with Gasteiger partial charge < -0.3 is 4.98 Å². The first kappa shape index (κ1) is 12.4. The van der Waals surface area contributed by atoms with Gasteiger partial charge in [-0.1, -0.05) is 13.3 Å². The summed E-state index contributed by atoms with van der Waals surface area (Å²) < 4.78 is 0. The molecule has 0 saturated carbocycles. The molecule has 1 aromatic heterocycles. The van der Waals surface area contributed by atoms with Crippen molar-refractivity contribution >= 4 is 6.21 Å². The molecule has 5 heteroatoms. The Morgan fingerprint density at radius 2 is 2.06 bits per heavy atom. The number of aliphatic imine (C=N–C) groups is 1. The molecule has 0 aliphatic carbocycles. The van der Waals surface area contributed by atoms with Gasteiger partial charge >= 0.3 is 5.69 Å². The van der Waals surface area contributed by atoms with Crippen molar-refractivity contribution in [2.75, 3.05) is 0 Å². The second-order valence-corrected chi connectivity index (χ2v) is 3.86. The van der Waals surface area contributed by atoms with Gasteiger partial charge in [0.05, 0.1) is 5.56 Å². The Labute approximate surface area is 93.6 Å². The molecule has 0 aromatic carbocycles. The van der Waals surface area contributed by atoms with E-state index in [1.165, 1.54) is 6.21 Å². The van der Waals surface area contributed by atoms with Gasteiger partial charge in [-0.15, -0.1) is 0 Å². The molecule has 0 fully saturated rings. The van der Waals surface area contributed by atoms with E-state index in [4.69, 9.17) is 0 Å². The highest BCUT2D eigenvalue weighted by molar-refractivity contribution is 5.80. The van der Waals surface area contributed by atoms with E-state index in [2.05, 4.69) is 21.9 Å². The monoisotopic (exact) mass is 223 g/mol. The maximum Gasteiger partial charge on any atom is 0.325 e. The zero-order valence-electron chi connectivity index (χ0n) is 9.83. The molecule has 0 aliphatic rings. The van der Waals surface area contributed by atoms with E-state index in [0.29, 0.717) is 11.3 Å². The van der Waals surface area contributed by atoms with E-state index < -0.39 is 11.2 Å². The van der Waals surface area contributed by atoms with E-state index >= 15 is 0 Å². The number of hydrogen-bond acceptors (Lipinski definition) is 3. The van der Waals surface area contributed by atoms with Gasteiger partial charge in [-0.3, -0.25) is 14.8 Å². The van der Waals surface area contributed by atoms with Crippen molar-refractivity contribution in [3.63, 3.8) is 0 Å². The van der Waals surface area contributed by atoms with Gasteiger partial charge in [0.15, 0.2) is 0 Å². The molecule has 0 bridgehead atoms. The van der Waals surface area contributed by atoms with Crippen LogP contribution in [0.3, 0.4) is 0 Å². The minimum absolute atomic E-state index is 0.190. The van der Waals surface area contributed by atoms with Gasteiger partial charge in [0.1, 0.15) is 0 Å². The van der Waals surface area contributed by atoms with Crippen LogP contribution in [0.1, 0.15) is 37.9 Å². The summed E-state index contributed by atoms with van der Waals surface area (Å²) in [5, 5.41) is 0. The number of aromatic amines is 2. The van der Waals surface area contributed by atoms with Crippen LogP contribution in [0.15, 0.2) is 14.6 Å². The molecule has 1 aromatic rings. The SMILES string of the molecule is CCCC(C)N=Cc1c(C)[nH]c(=O)[nH]c1=O. The third kappa shape index (κ3) is 3.18. The van der Waals surface area contributed by atoms with Crippen LogP contribution in [0.25, 0.3) is 0 Å². The Morgan fingerprint density at radius 3 is 2.62 bits per heavy atom. The molecule has 0 spiro atoms. The number of nitrogens with one attached hydrogen (secondary N) is 2. The van der Waals surface area contributed by atoms with Gasteiger partial charge in [0.2, 0.25) is 0 Å². The number of nitrogens with zero attached hydrogens (tertiary/aromatic N) is 1. The molecule has 16 heavy (non-hydrogen) atoms. The summed E-state index contributed by atoms with van der Waals surface area (Å²) in [6.07, 6.45) is 3.57. The van der Waals surface area contributed by atoms with Gasteiger partial charge in [-0.2, -0.15) is 0 Å². The first-order valence-electron chi connectivity index (χ1n) is 5.41. The topological polar surface area (TPSA) is 78.1 Å². The van der Waals surface area contributed by atoms with Crippen LogP contribution in [-0.2, 0) is 0 Å². The van der Waals surface area contributed by atoms with Crippen LogP contribution in [0, 0.1) is 6.92 Å². The van der Waals surface area contributed by atoms with Gasteiger partial charge in [0, 0.05) is 18.0 Å². The molecule has 2 N–H and O–H groups in total. The lowest BCUT2D eigenvalue weighted by atomic mass is 10.2. The summed E-state index contributed by atoms with van der Waals surface area (Å²) in [4.78, 5) is 31.4. The summed E-state index contributed by atoms with van der Waals surface area (Å²) in [7, 11) is 0. The smallest absolute Gasteiger partial charge is 0.311 e. The van der Waals surface area contributed by atoms with Crippen molar-refractivity contribution in [1.29, 1.82) is 0 Å². The quantitative estimate of drug-likeness (QED) is 0.746. The molecule has 88 valence electrons. The Kier molecular flexibility index (Phi) is 4.22. The highest BCUT2D eigenvalue weighted by atomic mass is 16.2. The average molecular weight is 223 g/mol. The summed E-state index contributed by atoms with van der Waals surface area (Å²) >= 11 is 0. The minimum atomic E-state index is -0.485. The second kappa shape index (κ2) is 5.44. The van der Waals surface area contributed by atoms with Crippen LogP contribution in [0.2, 0.25) is 0 Å². The molecule has 0 radical (unpaired) electrons. The second-order valence-electron chi connectivity index (χ2n) is 3.86. The standard InChI is InChI=1S/C11H17N3O2/c1-4-5-7(2)12-6-9-8(3)13-11(16)14-10(9)15/h6-7H,4-5H2,1-3H3,(H2,13,14,15,16). The third-order valence-corrected chi connectivity index (χ3v) is 2.34. The normalized spacial score (nSPS) is 13.2. The fourth-order valence-corrected chi connectivity index (χ4v) is 1.46. The summed E-state index contributed by atoms with van der Waals surface area (Å²) in [6, 6.07) is 0.190. The molecule has 1 rings (SSSR count). The summed E-state index contributed by atoms with van der Waals surface area (Å²) in [5.41, 5.74) is 0.0821. The van der Waals surface area contributed by atoms with Crippen LogP contribution >= 0.6 is 0 Å². The highest BCUT2D eigenvalue weighted by Gasteiger charge is 2.03. The zero-order chi connectivity index (χ0) is 12.1. The van der Waals surface area contributed by atoms with E-state index in [1.54, 1.807) is 6.92 Å². The molecular formula is C11H17N3O2. The average Bonchev–Trinajstić information content (AvgIpc) is 2.16. The maximum absolute atomic E-state index is 11.5. The lowest BCUT2D eigenvalue weighted by Gasteiger charge is -2.03. The minimum Gasteiger partial charge on any atom is -0.311 e. The predicted molar refractivity (Wildman–Crippen MR) is 64.4 cm³/mol. The van der Waals surface area contributed by atoms with Gasteiger partial charge in [-0.25, -0.2) is 4.79 Å². The fourth-order valence-electron chi connectivity index (χ4n) is 1.46. The highest BCUT2D eigenvalue weighted by Crippen LogP contribution is 2.00. The molecule has 0 saturated heterocycles. The largest absolute Gasteiger partial charge is 0.325 e. The Balaban J connectivity index is 2.98. The molecule has 1 unspecified atom stereocenters. The van der Waals surface area contributed by atoms with Crippen LogP contribution in [-0.4, -0.2) is 22.2 Å². The predicted octanol–water partition coefficient (Wildman–Crippen LogP) is 0.979. The number of aryl methyl sites for hydroxylation is 1. The summed E-state index contributed by atoms with van der Waals surface area (Å²) in [6.45, 7) is 5.77. The first-order valence-corrected chi connectivity index (χ1v) is 5.41. The number of H-pyrrole nitrogens is 2. The number of hydrogen-bond donors (Lipinski definition) is 2. The lowest BCUT2D eigenvalue weighted by Crippen LogP contribution is -2.27. The van der Waals surface area contributed by atoms with Crippen LogP contribution in [0.4, 0.5) is 0 Å². The van der Waals surface area contributed by atoms with Crippen molar-refractivity contribution in [2.45, 2.75) is 39.7 Å². The number of rotatable bonds is 4. The van der Waals surface area contributed by atoms with E-state index in [-0.39, 0.29) is 6.04 Å². The van der Waals surface area contributed by atoms with Gasteiger partial charge in [-0.05, 0) is 20.3 Å². The van der Waals surface area contributed by atoms with E-state index in [1.807, 2.05) is 6.92 Å². The molecule has 1 heterocycles. The first-order chi connectivity index (χ1) is 7.54. The molecule has 0 amide bonds. The van der Waals surface area contributed by atoms with Gasteiger partial charge in [0.25, 0.3) is 5.56 Å². The zero-order valence-corrected chi connectivity index (χ0v) is 9.83. The molecule has 5 nitrogen and oxygen atoms in total. The molecule has 0 aliphatic heterocycles. The number of aromatic nitrogens is 2. The Hall–Kier alpha value is -1.65. The van der Waals surface area contributed by atoms with E-state index in [9.17, 15) is 9.59 Å². The Morgan fingerprint density at radius 1 is 1.38 bits per heavy atom. The van der Waals surface area contributed by atoms with Crippen LogP contribution in [0.5, 0.6) is 0 Å². The Bertz CT molecular complexity index is 485. The van der Waals surface area contributed by atoms with Crippen LogP contribution < -0.4 is 11.2 Å². The van der Waals surface area contributed by atoms with Crippen molar-refractivity contribution < 1.29 is 0 Å². The van der Waals surface area contributed by atoms with Crippen molar-refractivity contribution in [1.82, 2.24) is 9.97 Å². The maximum atomic E-state index is 11.5. The van der Waals surface area contributed by atoms with Crippen molar-refractivity contribution in [3.05, 3.63) is 32.1 Å². The fraction of sp³-hybridized carbons (Fsp3) is 0.545. The van der Waals surface area contributed by atoms with Crippen molar-refractivity contribution in [2.24, 2.45) is 4.99 Å². The van der Waals surface area contributed by atoms with E-state index in [0.717, 1.165) is 12.8 Å². The summed E-state index contributed by atoms with van der Waals surface area (Å²) in [5.74, 6) is 0. The molecule has 1 atom stereocenters. The lowest BCUT2D eigenvalue weighted by molar-refractivity contribution is 0.657. The molecular weight excluding hydrogens is 206 g/mol.